The van der Waals surface area contributed by atoms with E-state index in [1.165, 1.54) is 22.5 Å². The second kappa shape index (κ2) is 7.58. The van der Waals surface area contributed by atoms with Gasteiger partial charge in [-0.25, -0.2) is 12.8 Å². The maximum absolute atomic E-state index is 14.2. The summed E-state index contributed by atoms with van der Waals surface area (Å²) in [4.78, 5) is -0.265. The quantitative estimate of drug-likeness (QED) is 0.514. The molecule has 0 saturated carbocycles. The van der Waals surface area contributed by atoms with Gasteiger partial charge in [0.15, 0.2) is 0 Å². The van der Waals surface area contributed by atoms with Crippen LogP contribution in [0, 0.1) is 11.7 Å². The summed E-state index contributed by atoms with van der Waals surface area (Å²) < 4.78 is 43.6. The predicted molar refractivity (Wildman–Crippen MR) is 115 cm³/mol. The Morgan fingerprint density at radius 2 is 2.00 bits per heavy atom. The molecule has 5 rings (SSSR count). The first-order valence-corrected chi connectivity index (χ1v) is 11.6. The van der Waals surface area contributed by atoms with E-state index in [1.54, 1.807) is 12.3 Å². The van der Waals surface area contributed by atoms with E-state index >= 15 is 0 Å². The van der Waals surface area contributed by atoms with Crippen molar-refractivity contribution in [3.63, 3.8) is 0 Å². The standard InChI is InChI=1S/C22H22FN5O2S/c1-15-8-16(14-28(15)31(29,30)22-5-3-2-4-20(22)23)13-27-21-7-6-17(9-18(21)12-26-27)19-10-24-25-11-19/h2-7,9-12,15-16H,8,13-14H2,1H3,(H,24,25)/t15-,16-/m1/s1. The van der Waals surface area contributed by atoms with Crippen molar-refractivity contribution in [3.05, 3.63) is 66.9 Å². The molecule has 2 aromatic heterocycles. The number of halogens is 1. The van der Waals surface area contributed by atoms with Crippen LogP contribution in [0.3, 0.4) is 0 Å². The first-order chi connectivity index (χ1) is 14.9. The molecule has 0 spiro atoms. The van der Waals surface area contributed by atoms with Crippen LogP contribution in [-0.2, 0) is 16.6 Å². The van der Waals surface area contributed by atoms with Gasteiger partial charge in [0.2, 0.25) is 10.0 Å². The van der Waals surface area contributed by atoms with Gasteiger partial charge in [-0.1, -0.05) is 18.2 Å². The van der Waals surface area contributed by atoms with Gasteiger partial charge in [0, 0.05) is 36.3 Å². The topological polar surface area (TPSA) is 83.9 Å². The summed E-state index contributed by atoms with van der Waals surface area (Å²) in [5, 5.41) is 12.4. The molecular formula is C22H22FN5O2S. The zero-order valence-electron chi connectivity index (χ0n) is 16.9. The third kappa shape index (κ3) is 3.53. The molecule has 1 fully saturated rings. The molecule has 1 N–H and O–H groups in total. The zero-order chi connectivity index (χ0) is 21.6. The van der Waals surface area contributed by atoms with Crippen molar-refractivity contribution >= 4 is 20.9 Å². The van der Waals surface area contributed by atoms with E-state index in [9.17, 15) is 12.8 Å². The van der Waals surface area contributed by atoms with Crippen molar-refractivity contribution in [2.75, 3.05) is 6.54 Å². The Morgan fingerprint density at radius 1 is 1.16 bits per heavy atom. The SMILES string of the molecule is C[C@@H]1C[C@H](Cn2ncc3cc(-c4cn[nH]c4)ccc32)CN1S(=O)(=O)c1ccccc1F. The van der Waals surface area contributed by atoms with Gasteiger partial charge in [-0.2, -0.15) is 14.5 Å². The van der Waals surface area contributed by atoms with Crippen LogP contribution in [0.2, 0.25) is 0 Å². The van der Waals surface area contributed by atoms with E-state index in [0.717, 1.165) is 22.0 Å². The van der Waals surface area contributed by atoms with E-state index in [2.05, 4.69) is 21.4 Å². The zero-order valence-corrected chi connectivity index (χ0v) is 17.8. The molecule has 1 aliphatic rings. The second-order valence-corrected chi connectivity index (χ2v) is 9.90. The largest absolute Gasteiger partial charge is 0.285 e. The van der Waals surface area contributed by atoms with Crippen molar-refractivity contribution < 1.29 is 12.8 Å². The van der Waals surface area contributed by atoms with Crippen LogP contribution in [0.5, 0.6) is 0 Å². The van der Waals surface area contributed by atoms with Gasteiger partial charge in [-0.3, -0.25) is 9.78 Å². The molecule has 1 saturated heterocycles. The fourth-order valence-electron chi connectivity index (χ4n) is 4.42. The summed E-state index contributed by atoms with van der Waals surface area (Å²) in [6.07, 6.45) is 6.14. The van der Waals surface area contributed by atoms with Gasteiger partial charge >= 0.3 is 0 Å². The van der Waals surface area contributed by atoms with E-state index in [4.69, 9.17) is 0 Å². The third-order valence-corrected chi connectivity index (χ3v) is 7.95. The van der Waals surface area contributed by atoms with Crippen LogP contribution in [0.1, 0.15) is 13.3 Å². The molecule has 7 nitrogen and oxygen atoms in total. The average molecular weight is 440 g/mol. The highest BCUT2D eigenvalue weighted by molar-refractivity contribution is 7.89. The lowest BCUT2D eigenvalue weighted by Crippen LogP contribution is -2.34. The molecule has 0 bridgehead atoms. The molecule has 1 aliphatic heterocycles. The lowest BCUT2D eigenvalue weighted by atomic mass is 10.1. The van der Waals surface area contributed by atoms with Crippen molar-refractivity contribution in [2.24, 2.45) is 5.92 Å². The summed E-state index contributed by atoms with van der Waals surface area (Å²) in [6, 6.07) is 11.4. The number of aromatic amines is 1. The number of nitrogens with zero attached hydrogens (tertiary/aromatic N) is 4. The van der Waals surface area contributed by atoms with E-state index in [1.807, 2.05) is 36.1 Å². The summed E-state index contributed by atoms with van der Waals surface area (Å²) >= 11 is 0. The number of benzene rings is 2. The predicted octanol–water partition coefficient (Wildman–Crippen LogP) is 3.66. The Bertz CT molecular complexity index is 1330. The maximum atomic E-state index is 14.2. The minimum atomic E-state index is -3.88. The second-order valence-electron chi connectivity index (χ2n) is 8.04. The highest BCUT2D eigenvalue weighted by atomic mass is 32.2. The molecular weight excluding hydrogens is 417 g/mol. The molecule has 0 radical (unpaired) electrons. The number of hydrogen-bond donors (Lipinski definition) is 1. The minimum Gasteiger partial charge on any atom is -0.285 e. The number of hydrogen-bond acceptors (Lipinski definition) is 4. The molecule has 0 aliphatic carbocycles. The van der Waals surface area contributed by atoms with E-state index in [-0.39, 0.29) is 16.9 Å². The Labute approximate surface area is 179 Å². The van der Waals surface area contributed by atoms with Gasteiger partial charge in [0.25, 0.3) is 0 Å². The van der Waals surface area contributed by atoms with Crippen molar-refractivity contribution in [3.8, 4) is 11.1 Å². The van der Waals surface area contributed by atoms with Crippen LogP contribution in [0.15, 0.2) is 66.0 Å². The van der Waals surface area contributed by atoms with Crippen molar-refractivity contribution in [1.29, 1.82) is 0 Å². The highest BCUT2D eigenvalue weighted by Crippen LogP contribution is 2.32. The summed E-state index contributed by atoms with van der Waals surface area (Å²) in [7, 11) is -3.88. The molecule has 31 heavy (non-hydrogen) atoms. The molecule has 9 heteroatoms. The minimum absolute atomic E-state index is 0.0909. The Kier molecular flexibility index (Phi) is 4.86. The summed E-state index contributed by atoms with van der Waals surface area (Å²) in [5.41, 5.74) is 3.06. The number of nitrogens with one attached hydrogen (secondary N) is 1. The van der Waals surface area contributed by atoms with Crippen LogP contribution >= 0.6 is 0 Å². The number of aromatic nitrogens is 4. The van der Waals surface area contributed by atoms with Gasteiger partial charge in [-0.15, -0.1) is 0 Å². The molecule has 160 valence electrons. The number of sulfonamides is 1. The van der Waals surface area contributed by atoms with E-state index < -0.39 is 15.8 Å². The Hall–Kier alpha value is -3.04. The smallest absolute Gasteiger partial charge is 0.246 e. The van der Waals surface area contributed by atoms with Gasteiger partial charge in [0.05, 0.1) is 17.9 Å². The third-order valence-electron chi connectivity index (χ3n) is 5.93. The number of rotatable bonds is 5. The lowest BCUT2D eigenvalue weighted by molar-refractivity contribution is 0.393. The van der Waals surface area contributed by atoms with Gasteiger partial charge < -0.3 is 0 Å². The molecule has 3 heterocycles. The summed E-state index contributed by atoms with van der Waals surface area (Å²) in [6.45, 7) is 2.81. The Morgan fingerprint density at radius 3 is 2.77 bits per heavy atom. The lowest BCUT2D eigenvalue weighted by Gasteiger charge is -2.21. The number of H-pyrrole nitrogens is 1. The Balaban J connectivity index is 1.37. The highest BCUT2D eigenvalue weighted by Gasteiger charge is 2.39. The summed E-state index contributed by atoms with van der Waals surface area (Å²) in [5.74, 6) is -0.627. The monoisotopic (exact) mass is 439 g/mol. The fraction of sp³-hybridized carbons (Fsp3) is 0.273. The van der Waals surface area contributed by atoms with E-state index in [0.29, 0.717) is 19.5 Å². The first-order valence-electron chi connectivity index (χ1n) is 10.1. The average Bonchev–Trinajstić information content (AvgIpc) is 3.49. The number of fused-ring (bicyclic) bond motifs is 1. The van der Waals surface area contributed by atoms with Crippen molar-refractivity contribution in [1.82, 2.24) is 24.3 Å². The fourth-order valence-corrected chi connectivity index (χ4v) is 6.21. The van der Waals surface area contributed by atoms with Crippen molar-refractivity contribution in [2.45, 2.75) is 30.8 Å². The molecule has 4 aromatic rings. The van der Waals surface area contributed by atoms with Gasteiger partial charge in [-0.05, 0) is 49.1 Å². The van der Waals surface area contributed by atoms with Crippen LogP contribution < -0.4 is 0 Å². The van der Waals surface area contributed by atoms with Crippen LogP contribution in [0.25, 0.3) is 22.0 Å². The van der Waals surface area contributed by atoms with Gasteiger partial charge in [0.1, 0.15) is 10.7 Å². The molecule has 0 unspecified atom stereocenters. The normalized spacial score (nSPS) is 19.9. The molecule has 2 aromatic carbocycles. The molecule has 2 atom stereocenters. The van der Waals surface area contributed by atoms with Crippen LogP contribution in [-0.4, -0.2) is 45.3 Å². The first kappa shape index (κ1) is 19.9. The molecule has 0 amide bonds. The van der Waals surface area contributed by atoms with Crippen LogP contribution in [0.4, 0.5) is 4.39 Å². The maximum Gasteiger partial charge on any atom is 0.246 e.